The van der Waals surface area contributed by atoms with Gasteiger partial charge in [0.2, 0.25) is 5.91 Å². The highest BCUT2D eigenvalue weighted by atomic mass is 16.5. The van der Waals surface area contributed by atoms with Gasteiger partial charge in [0.1, 0.15) is 11.5 Å². The number of rotatable bonds is 6. The minimum Gasteiger partial charge on any atom is -0.497 e. The van der Waals surface area contributed by atoms with Crippen molar-refractivity contribution in [2.24, 2.45) is 0 Å². The van der Waals surface area contributed by atoms with Crippen LogP contribution in [0, 0.1) is 13.8 Å². The van der Waals surface area contributed by atoms with E-state index in [4.69, 9.17) is 9.47 Å². The van der Waals surface area contributed by atoms with Gasteiger partial charge in [-0.3, -0.25) is 4.79 Å². The fourth-order valence-electron chi connectivity index (χ4n) is 2.38. The summed E-state index contributed by atoms with van der Waals surface area (Å²) >= 11 is 0. The van der Waals surface area contributed by atoms with Gasteiger partial charge in [-0.05, 0) is 49.2 Å². The van der Waals surface area contributed by atoms with E-state index in [1.54, 1.807) is 32.4 Å². The Morgan fingerprint density at radius 2 is 1.70 bits per heavy atom. The summed E-state index contributed by atoms with van der Waals surface area (Å²) in [7, 11) is 3.18. The Balaban J connectivity index is 2.01. The molecule has 0 aliphatic rings. The smallest absolute Gasteiger partial charge is 0.243 e. The number of hydrogen-bond acceptors (Lipinski definition) is 4. The normalized spacial score (nSPS) is 10.1. The van der Waals surface area contributed by atoms with E-state index in [1.807, 2.05) is 26.0 Å². The Morgan fingerprint density at radius 3 is 2.30 bits per heavy atom. The molecular formula is C18H22N2O3. The van der Waals surface area contributed by atoms with Gasteiger partial charge in [-0.1, -0.05) is 6.07 Å². The number of aryl methyl sites for hydroxylation is 2. The van der Waals surface area contributed by atoms with Gasteiger partial charge in [0, 0.05) is 11.8 Å². The second-order valence-corrected chi connectivity index (χ2v) is 5.34. The van der Waals surface area contributed by atoms with Crippen molar-refractivity contribution >= 4 is 17.3 Å². The maximum absolute atomic E-state index is 12.1. The van der Waals surface area contributed by atoms with Gasteiger partial charge in [0.25, 0.3) is 0 Å². The van der Waals surface area contributed by atoms with Crippen LogP contribution < -0.4 is 20.1 Å². The first-order valence-electron chi connectivity index (χ1n) is 7.36. The predicted molar refractivity (Wildman–Crippen MR) is 92.6 cm³/mol. The monoisotopic (exact) mass is 314 g/mol. The van der Waals surface area contributed by atoms with E-state index in [-0.39, 0.29) is 12.5 Å². The van der Waals surface area contributed by atoms with Gasteiger partial charge in [0.15, 0.2) is 0 Å². The van der Waals surface area contributed by atoms with Gasteiger partial charge < -0.3 is 20.1 Å². The van der Waals surface area contributed by atoms with E-state index < -0.39 is 0 Å². The maximum atomic E-state index is 12.1. The highest BCUT2D eigenvalue weighted by Crippen LogP contribution is 2.28. The zero-order chi connectivity index (χ0) is 16.8. The van der Waals surface area contributed by atoms with Crippen LogP contribution in [-0.4, -0.2) is 26.7 Å². The topological polar surface area (TPSA) is 59.6 Å². The number of anilines is 2. The van der Waals surface area contributed by atoms with Crippen LogP contribution in [0.15, 0.2) is 36.4 Å². The van der Waals surface area contributed by atoms with E-state index in [0.717, 1.165) is 16.8 Å². The number of carbonyl (C=O) groups excluding carboxylic acids is 1. The van der Waals surface area contributed by atoms with Crippen molar-refractivity contribution in [1.29, 1.82) is 0 Å². The molecule has 0 bridgehead atoms. The number of benzene rings is 2. The van der Waals surface area contributed by atoms with Gasteiger partial charge in [-0.25, -0.2) is 0 Å². The molecule has 0 saturated carbocycles. The number of methoxy groups -OCH3 is 2. The molecule has 0 spiro atoms. The Bertz CT molecular complexity index is 678. The average molecular weight is 314 g/mol. The molecule has 1 amide bonds. The molecule has 0 aliphatic carbocycles. The van der Waals surface area contributed by atoms with Crippen molar-refractivity contribution in [3.05, 3.63) is 47.5 Å². The molecule has 0 radical (unpaired) electrons. The molecule has 2 N–H and O–H groups in total. The second kappa shape index (κ2) is 7.54. The molecule has 5 heteroatoms. The quantitative estimate of drug-likeness (QED) is 0.858. The van der Waals surface area contributed by atoms with E-state index in [0.29, 0.717) is 17.2 Å². The lowest BCUT2D eigenvalue weighted by Crippen LogP contribution is -2.22. The average Bonchev–Trinajstić information content (AvgIpc) is 2.51. The minimum absolute atomic E-state index is 0.125. The fraction of sp³-hybridized carbons (Fsp3) is 0.278. The Labute approximate surface area is 136 Å². The number of amides is 1. The van der Waals surface area contributed by atoms with E-state index in [9.17, 15) is 4.79 Å². The van der Waals surface area contributed by atoms with Gasteiger partial charge in [-0.2, -0.15) is 0 Å². The van der Waals surface area contributed by atoms with Crippen molar-refractivity contribution < 1.29 is 14.3 Å². The van der Waals surface area contributed by atoms with E-state index in [2.05, 4.69) is 16.7 Å². The van der Waals surface area contributed by atoms with Gasteiger partial charge in [0.05, 0.1) is 26.5 Å². The molecule has 0 saturated heterocycles. The first-order valence-corrected chi connectivity index (χ1v) is 7.36. The molecule has 0 fully saturated rings. The molecule has 2 rings (SSSR count). The zero-order valence-electron chi connectivity index (χ0n) is 13.9. The molecule has 5 nitrogen and oxygen atoms in total. The van der Waals surface area contributed by atoms with Crippen LogP contribution >= 0.6 is 0 Å². The highest BCUT2D eigenvalue weighted by molar-refractivity contribution is 5.94. The summed E-state index contributed by atoms with van der Waals surface area (Å²) in [5.41, 5.74) is 3.74. The number of hydrogen-bond donors (Lipinski definition) is 2. The lowest BCUT2D eigenvalue weighted by Gasteiger charge is -2.13. The van der Waals surface area contributed by atoms with E-state index >= 15 is 0 Å². The molecular weight excluding hydrogens is 292 g/mol. The molecule has 0 unspecified atom stereocenters. The molecule has 0 atom stereocenters. The van der Waals surface area contributed by atoms with Crippen LogP contribution in [-0.2, 0) is 4.79 Å². The molecule has 23 heavy (non-hydrogen) atoms. The molecule has 0 aromatic heterocycles. The van der Waals surface area contributed by atoms with Crippen LogP contribution in [0.5, 0.6) is 11.5 Å². The van der Waals surface area contributed by atoms with Crippen molar-refractivity contribution in [2.45, 2.75) is 13.8 Å². The van der Waals surface area contributed by atoms with Crippen molar-refractivity contribution in [1.82, 2.24) is 0 Å². The molecule has 122 valence electrons. The van der Waals surface area contributed by atoms with Gasteiger partial charge >= 0.3 is 0 Å². The Morgan fingerprint density at radius 1 is 1.00 bits per heavy atom. The summed E-state index contributed by atoms with van der Waals surface area (Å²) < 4.78 is 10.5. The standard InChI is InChI=1S/C18H22N2O3/c1-12-7-13(2)9-14(8-12)20-18(21)11-19-16-10-15(22-3)5-6-17(16)23-4/h5-10,19H,11H2,1-4H3,(H,20,21). The summed E-state index contributed by atoms with van der Waals surface area (Å²) in [6.45, 7) is 4.14. The summed E-state index contributed by atoms with van der Waals surface area (Å²) in [5, 5.41) is 5.96. The van der Waals surface area contributed by atoms with Crippen molar-refractivity contribution in [3.8, 4) is 11.5 Å². The predicted octanol–water partition coefficient (Wildman–Crippen LogP) is 3.37. The van der Waals surface area contributed by atoms with Crippen LogP contribution in [0.2, 0.25) is 0 Å². The SMILES string of the molecule is COc1ccc(OC)c(NCC(=O)Nc2cc(C)cc(C)c2)c1. The van der Waals surface area contributed by atoms with Crippen LogP contribution in [0.1, 0.15) is 11.1 Å². The Kier molecular flexibility index (Phi) is 5.46. The molecule has 0 heterocycles. The second-order valence-electron chi connectivity index (χ2n) is 5.34. The lowest BCUT2D eigenvalue weighted by atomic mass is 10.1. The molecule has 2 aromatic carbocycles. The highest BCUT2D eigenvalue weighted by Gasteiger charge is 2.08. The van der Waals surface area contributed by atoms with Crippen LogP contribution in [0.25, 0.3) is 0 Å². The minimum atomic E-state index is -0.125. The summed E-state index contributed by atoms with van der Waals surface area (Å²) in [5.74, 6) is 1.23. The first kappa shape index (κ1) is 16.7. The molecule has 2 aromatic rings. The fourth-order valence-corrected chi connectivity index (χ4v) is 2.38. The number of ether oxygens (including phenoxy) is 2. The Hall–Kier alpha value is -2.69. The number of nitrogens with one attached hydrogen (secondary N) is 2. The third-order valence-electron chi connectivity index (χ3n) is 3.35. The van der Waals surface area contributed by atoms with Gasteiger partial charge in [-0.15, -0.1) is 0 Å². The number of carbonyl (C=O) groups is 1. The van der Waals surface area contributed by atoms with E-state index in [1.165, 1.54) is 0 Å². The van der Waals surface area contributed by atoms with Crippen LogP contribution in [0.4, 0.5) is 11.4 Å². The summed E-state index contributed by atoms with van der Waals surface area (Å²) in [6.07, 6.45) is 0. The molecule has 0 aliphatic heterocycles. The maximum Gasteiger partial charge on any atom is 0.243 e. The third-order valence-corrected chi connectivity index (χ3v) is 3.35. The lowest BCUT2D eigenvalue weighted by molar-refractivity contribution is -0.114. The van der Waals surface area contributed by atoms with Crippen LogP contribution in [0.3, 0.4) is 0 Å². The third kappa shape index (κ3) is 4.64. The van der Waals surface area contributed by atoms with Crippen molar-refractivity contribution in [2.75, 3.05) is 31.4 Å². The van der Waals surface area contributed by atoms with Crippen molar-refractivity contribution in [3.63, 3.8) is 0 Å². The largest absolute Gasteiger partial charge is 0.497 e. The summed E-state index contributed by atoms with van der Waals surface area (Å²) in [6, 6.07) is 11.3. The zero-order valence-corrected chi connectivity index (χ0v) is 13.9. The first-order chi connectivity index (χ1) is 11.0. The summed E-state index contributed by atoms with van der Waals surface area (Å²) in [4.78, 5) is 12.1.